The van der Waals surface area contributed by atoms with E-state index < -0.39 is 0 Å². The van der Waals surface area contributed by atoms with Gasteiger partial charge in [0.1, 0.15) is 11.5 Å². The highest BCUT2D eigenvalue weighted by Gasteiger charge is 2.28. The average Bonchev–Trinajstić information content (AvgIpc) is 3.03. The van der Waals surface area contributed by atoms with Gasteiger partial charge >= 0.3 is 0 Å². The van der Waals surface area contributed by atoms with Crippen molar-refractivity contribution >= 4 is 0 Å². The Morgan fingerprint density at radius 2 is 2.38 bits per heavy atom. The van der Waals surface area contributed by atoms with Gasteiger partial charge in [-0.25, -0.2) is 0 Å². The van der Waals surface area contributed by atoms with Crippen molar-refractivity contribution in [2.45, 2.75) is 38.9 Å². The molecule has 3 nitrogen and oxygen atoms in total. The van der Waals surface area contributed by atoms with Crippen LogP contribution in [0.1, 0.15) is 29.9 Å². The van der Waals surface area contributed by atoms with Crippen LogP contribution in [-0.4, -0.2) is 17.5 Å². The van der Waals surface area contributed by atoms with Crippen LogP contribution in [0.3, 0.4) is 0 Å². The predicted octanol–water partition coefficient (Wildman–Crippen LogP) is 2.20. The van der Waals surface area contributed by atoms with Crippen molar-refractivity contribution in [2.75, 3.05) is 6.54 Å². The number of furan rings is 1. The van der Waals surface area contributed by atoms with E-state index in [1.54, 1.807) is 0 Å². The summed E-state index contributed by atoms with van der Waals surface area (Å²) in [6.07, 6.45) is 4.56. The number of nitrogens with zero attached hydrogens (tertiary/aromatic N) is 1. The third-order valence-corrected chi connectivity index (χ3v) is 3.08. The van der Waals surface area contributed by atoms with Crippen LogP contribution in [-0.2, 0) is 13.1 Å². The minimum atomic E-state index is 0.556. The Morgan fingerprint density at radius 1 is 1.62 bits per heavy atom. The molecule has 0 spiro atoms. The van der Waals surface area contributed by atoms with E-state index in [0.29, 0.717) is 6.54 Å². The van der Waals surface area contributed by atoms with Crippen LogP contribution in [0.4, 0.5) is 0 Å². The van der Waals surface area contributed by atoms with E-state index in [4.69, 9.17) is 10.2 Å². The summed E-state index contributed by atoms with van der Waals surface area (Å²) in [7, 11) is 0. The van der Waals surface area contributed by atoms with E-state index in [1.807, 2.05) is 13.0 Å². The van der Waals surface area contributed by atoms with Crippen LogP contribution in [0, 0.1) is 6.92 Å². The summed E-state index contributed by atoms with van der Waals surface area (Å²) in [5, 5.41) is 0. The third kappa shape index (κ3) is 2.54. The number of aryl methyl sites for hydroxylation is 1. The highest BCUT2D eigenvalue weighted by molar-refractivity contribution is 5.20. The number of hydrogen-bond acceptors (Lipinski definition) is 3. The van der Waals surface area contributed by atoms with Gasteiger partial charge in [-0.1, -0.05) is 6.08 Å². The molecule has 0 bridgehead atoms. The van der Waals surface area contributed by atoms with Crippen molar-refractivity contribution in [3.05, 3.63) is 35.8 Å². The Balaban J connectivity index is 2.02. The van der Waals surface area contributed by atoms with Crippen LogP contribution in [0.5, 0.6) is 0 Å². The largest absolute Gasteiger partial charge is 0.465 e. The highest BCUT2D eigenvalue weighted by Crippen LogP contribution is 2.28. The van der Waals surface area contributed by atoms with Gasteiger partial charge < -0.3 is 10.2 Å². The molecule has 0 saturated heterocycles. The zero-order valence-electron chi connectivity index (χ0n) is 9.91. The number of hydrogen-bond donors (Lipinski definition) is 1. The van der Waals surface area contributed by atoms with Gasteiger partial charge in [-0.3, -0.25) is 4.90 Å². The smallest absolute Gasteiger partial charge is 0.118 e. The predicted molar refractivity (Wildman–Crippen MR) is 65.0 cm³/mol. The Morgan fingerprint density at radius 3 is 2.88 bits per heavy atom. The summed E-state index contributed by atoms with van der Waals surface area (Å²) in [5.41, 5.74) is 6.75. The summed E-state index contributed by atoms with van der Waals surface area (Å²) in [6, 6.07) is 2.80. The first-order valence-electron chi connectivity index (χ1n) is 5.87. The van der Waals surface area contributed by atoms with Crippen molar-refractivity contribution in [3.63, 3.8) is 0 Å². The standard InChI is InChI=1S/C13H20N2O/c1-3-6-15(12-4-5-12)9-13-7-11(8-14)10(2)16-13/h3,7,12H,1,4-6,8-9,14H2,2H3. The normalized spacial score (nSPS) is 15.7. The van der Waals surface area contributed by atoms with Crippen LogP contribution in [0.15, 0.2) is 23.1 Å². The highest BCUT2D eigenvalue weighted by atomic mass is 16.3. The minimum absolute atomic E-state index is 0.556. The molecule has 0 aromatic carbocycles. The monoisotopic (exact) mass is 220 g/mol. The van der Waals surface area contributed by atoms with Crippen molar-refractivity contribution in [1.29, 1.82) is 0 Å². The zero-order valence-corrected chi connectivity index (χ0v) is 9.91. The van der Waals surface area contributed by atoms with Gasteiger partial charge in [0.15, 0.2) is 0 Å². The van der Waals surface area contributed by atoms with E-state index in [9.17, 15) is 0 Å². The molecule has 2 N–H and O–H groups in total. The lowest BCUT2D eigenvalue weighted by molar-refractivity contribution is 0.256. The molecule has 1 aliphatic rings. The van der Waals surface area contributed by atoms with Gasteiger partial charge in [-0.2, -0.15) is 0 Å². The van der Waals surface area contributed by atoms with Crippen molar-refractivity contribution in [2.24, 2.45) is 5.73 Å². The molecule has 0 atom stereocenters. The van der Waals surface area contributed by atoms with E-state index >= 15 is 0 Å². The molecular formula is C13H20N2O. The first-order valence-corrected chi connectivity index (χ1v) is 5.87. The average molecular weight is 220 g/mol. The van der Waals surface area contributed by atoms with Gasteiger partial charge in [0.25, 0.3) is 0 Å². The van der Waals surface area contributed by atoms with E-state index in [1.165, 1.54) is 12.8 Å². The molecular weight excluding hydrogens is 200 g/mol. The van der Waals surface area contributed by atoms with E-state index in [-0.39, 0.29) is 0 Å². The molecule has 0 radical (unpaired) electrons. The molecule has 1 aromatic heterocycles. The molecule has 0 unspecified atom stereocenters. The topological polar surface area (TPSA) is 42.4 Å². The third-order valence-electron chi connectivity index (χ3n) is 3.08. The summed E-state index contributed by atoms with van der Waals surface area (Å²) in [5.74, 6) is 1.97. The van der Waals surface area contributed by atoms with Crippen molar-refractivity contribution in [1.82, 2.24) is 4.90 Å². The Kier molecular flexibility index (Phi) is 3.46. The SMILES string of the molecule is C=CCN(Cc1cc(CN)c(C)o1)C1CC1. The van der Waals surface area contributed by atoms with Crippen LogP contribution in [0.25, 0.3) is 0 Å². The van der Waals surface area contributed by atoms with Crippen LogP contribution in [0.2, 0.25) is 0 Å². The second-order valence-electron chi connectivity index (χ2n) is 4.45. The molecule has 16 heavy (non-hydrogen) atoms. The quantitative estimate of drug-likeness (QED) is 0.747. The van der Waals surface area contributed by atoms with Crippen LogP contribution < -0.4 is 5.73 Å². The zero-order chi connectivity index (χ0) is 11.5. The van der Waals surface area contributed by atoms with Gasteiger partial charge in [-0.15, -0.1) is 6.58 Å². The maximum Gasteiger partial charge on any atom is 0.118 e. The Hall–Kier alpha value is -1.06. The molecule has 1 aliphatic carbocycles. The van der Waals surface area contributed by atoms with E-state index in [2.05, 4.69) is 17.5 Å². The van der Waals surface area contributed by atoms with E-state index in [0.717, 1.165) is 36.2 Å². The molecule has 1 heterocycles. The second-order valence-corrected chi connectivity index (χ2v) is 4.45. The fraction of sp³-hybridized carbons (Fsp3) is 0.538. The number of nitrogens with two attached hydrogens (primary N) is 1. The van der Waals surface area contributed by atoms with Gasteiger partial charge in [0, 0.05) is 24.7 Å². The van der Waals surface area contributed by atoms with Crippen molar-refractivity contribution < 1.29 is 4.42 Å². The lowest BCUT2D eigenvalue weighted by atomic mass is 10.2. The maximum atomic E-state index is 5.70. The molecule has 1 fully saturated rings. The summed E-state index contributed by atoms with van der Waals surface area (Å²) in [4.78, 5) is 2.41. The molecule has 88 valence electrons. The van der Waals surface area contributed by atoms with Gasteiger partial charge in [-0.05, 0) is 25.8 Å². The first-order chi connectivity index (χ1) is 7.74. The minimum Gasteiger partial charge on any atom is -0.465 e. The molecule has 1 aromatic rings. The molecule has 0 amide bonds. The van der Waals surface area contributed by atoms with Crippen LogP contribution >= 0.6 is 0 Å². The Bertz CT molecular complexity index is 366. The summed E-state index contributed by atoms with van der Waals surface area (Å²) >= 11 is 0. The molecule has 0 aliphatic heterocycles. The van der Waals surface area contributed by atoms with Gasteiger partial charge in [0.05, 0.1) is 6.54 Å². The lowest BCUT2D eigenvalue weighted by Gasteiger charge is -2.18. The lowest BCUT2D eigenvalue weighted by Crippen LogP contribution is -2.25. The second kappa shape index (κ2) is 4.85. The first kappa shape index (κ1) is 11.4. The Labute approximate surface area is 96.9 Å². The molecule has 1 saturated carbocycles. The number of rotatable bonds is 6. The maximum absolute atomic E-state index is 5.70. The fourth-order valence-electron chi connectivity index (χ4n) is 2.02. The fourth-order valence-corrected chi connectivity index (χ4v) is 2.02. The molecule has 3 heteroatoms. The summed E-state index contributed by atoms with van der Waals surface area (Å²) in [6.45, 7) is 8.13. The molecule has 2 rings (SSSR count). The van der Waals surface area contributed by atoms with Gasteiger partial charge in [0.2, 0.25) is 0 Å². The summed E-state index contributed by atoms with van der Waals surface area (Å²) < 4.78 is 5.70. The van der Waals surface area contributed by atoms with Crippen molar-refractivity contribution in [3.8, 4) is 0 Å².